The van der Waals surface area contributed by atoms with Crippen LogP contribution in [0.5, 0.6) is 0 Å². The zero-order valence-electron chi connectivity index (χ0n) is 34.7. The molecule has 0 amide bonds. The quantitative estimate of drug-likeness (QED) is 0.173. The van der Waals surface area contributed by atoms with Crippen LogP contribution in [-0.2, 0) is 21.7 Å². The van der Waals surface area contributed by atoms with E-state index in [1.807, 2.05) is 0 Å². The van der Waals surface area contributed by atoms with Crippen molar-refractivity contribution in [3.8, 4) is 22.3 Å². The fraction of sp³-hybridized carbons (Fsp3) is 0.464. The Morgan fingerprint density at radius 3 is 1.19 bits per heavy atom. The standard InChI is InChI=1S/C56H59N/c1-53(2)49-8-6-5-7-45(49)47-26-52-48(27-51(47)53)46-18-17-44(25-50(46)54(52,3)4)57(42-13-9-40(10-14-42)55-28-34-19-35(29-55)21-36(20-34)30-55)43-15-11-41(12-16-43)56-31-37-22-38(32-56)24-39(23-37)33-56/h5-18,25-27,34-39H,19-24,28-33H2,1-4H3. The molecule has 5 aromatic carbocycles. The normalized spacial score (nSPS) is 33.5. The van der Waals surface area contributed by atoms with E-state index in [-0.39, 0.29) is 10.8 Å². The molecule has 8 saturated carbocycles. The lowest BCUT2D eigenvalue weighted by Gasteiger charge is -2.57. The van der Waals surface area contributed by atoms with E-state index in [2.05, 4.69) is 136 Å². The Morgan fingerprint density at radius 1 is 0.368 bits per heavy atom. The van der Waals surface area contributed by atoms with Crippen molar-refractivity contribution in [2.45, 2.75) is 126 Å². The molecule has 0 unspecified atom stereocenters. The van der Waals surface area contributed by atoms with E-state index in [1.54, 1.807) is 11.1 Å². The third-order valence-electron chi connectivity index (χ3n) is 18.2. The Bertz CT molecular complexity index is 2320. The summed E-state index contributed by atoms with van der Waals surface area (Å²) in [4.78, 5) is 2.59. The second-order valence-corrected chi connectivity index (χ2v) is 22.3. The third-order valence-corrected chi connectivity index (χ3v) is 18.2. The summed E-state index contributed by atoms with van der Waals surface area (Å²) in [7, 11) is 0. The van der Waals surface area contributed by atoms with Crippen LogP contribution in [0.25, 0.3) is 22.3 Å². The molecule has 57 heavy (non-hydrogen) atoms. The van der Waals surface area contributed by atoms with Gasteiger partial charge in [0.05, 0.1) is 0 Å². The predicted molar refractivity (Wildman–Crippen MR) is 236 cm³/mol. The van der Waals surface area contributed by atoms with Gasteiger partial charge in [-0.15, -0.1) is 0 Å². The van der Waals surface area contributed by atoms with E-state index < -0.39 is 0 Å². The summed E-state index contributed by atoms with van der Waals surface area (Å²) >= 11 is 0. The van der Waals surface area contributed by atoms with E-state index in [4.69, 9.17) is 0 Å². The van der Waals surface area contributed by atoms with Gasteiger partial charge >= 0.3 is 0 Å². The number of rotatable bonds is 5. The van der Waals surface area contributed by atoms with Crippen molar-refractivity contribution < 1.29 is 0 Å². The smallest absolute Gasteiger partial charge is 0.0465 e. The molecule has 15 rings (SSSR count). The summed E-state index contributed by atoms with van der Waals surface area (Å²) in [6.07, 6.45) is 17.5. The summed E-state index contributed by atoms with van der Waals surface area (Å²) in [5.41, 5.74) is 19.3. The maximum absolute atomic E-state index is 2.59. The van der Waals surface area contributed by atoms with Gasteiger partial charge in [-0.05, 0) is 228 Å². The van der Waals surface area contributed by atoms with Crippen LogP contribution < -0.4 is 4.90 Å². The summed E-state index contributed by atoms with van der Waals surface area (Å²) in [5.74, 6) is 5.75. The largest absolute Gasteiger partial charge is 0.310 e. The first-order valence-corrected chi connectivity index (χ1v) is 23.0. The molecular formula is C56H59N. The fourth-order valence-corrected chi connectivity index (χ4v) is 16.4. The van der Waals surface area contributed by atoms with Gasteiger partial charge in [0.2, 0.25) is 0 Å². The zero-order chi connectivity index (χ0) is 38.1. The summed E-state index contributed by atoms with van der Waals surface area (Å²) in [6.45, 7) is 9.75. The second-order valence-electron chi connectivity index (χ2n) is 22.3. The third kappa shape index (κ3) is 4.70. The molecule has 0 saturated heterocycles. The van der Waals surface area contributed by atoms with Crippen molar-refractivity contribution >= 4 is 17.1 Å². The highest BCUT2D eigenvalue weighted by molar-refractivity contribution is 5.91. The monoisotopic (exact) mass is 745 g/mol. The molecule has 0 radical (unpaired) electrons. The summed E-state index contributed by atoms with van der Waals surface area (Å²) in [5, 5.41) is 0. The second kappa shape index (κ2) is 11.3. The molecule has 0 atom stereocenters. The molecule has 1 nitrogen and oxygen atoms in total. The lowest BCUT2D eigenvalue weighted by atomic mass is 9.48. The van der Waals surface area contributed by atoms with Gasteiger partial charge in [0, 0.05) is 27.9 Å². The van der Waals surface area contributed by atoms with E-state index >= 15 is 0 Å². The van der Waals surface area contributed by atoms with Gasteiger partial charge in [-0.1, -0.05) is 82.3 Å². The Hall–Kier alpha value is -4.10. The average molecular weight is 746 g/mol. The zero-order valence-corrected chi connectivity index (χ0v) is 34.7. The first-order chi connectivity index (χ1) is 27.6. The first kappa shape index (κ1) is 33.8. The number of hydrogen-bond donors (Lipinski definition) is 0. The lowest BCUT2D eigenvalue weighted by molar-refractivity contribution is -0.00529. The number of hydrogen-bond acceptors (Lipinski definition) is 1. The molecule has 8 fully saturated rings. The molecule has 1 heteroatoms. The SMILES string of the molecule is CC1(C)c2ccccc2-c2cc3c(cc21)-c1ccc(N(c2ccc(C45CC6CC(CC(C6)C4)C5)cc2)c2ccc(C45CC6CC(CC(C6)C4)C5)cc2)cc1C3(C)C. The molecule has 8 bridgehead atoms. The van der Waals surface area contributed by atoms with Crippen LogP contribution in [0.15, 0.2) is 103 Å². The summed E-state index contributed by atoms with van der Waals surface area (Å²) in [6, 6.07) is 41.8. The van der Waals surface area contributed by atoms with E-state index in [0.717, 1.165) is 35.5 Å². The molecule has 0 N–H and O–H groups in total. The predicted octanol–water partition coefficient (Wildman–Crippen LogP) is 14.7. The molecule has 10 aliphatic rings. The van der Waals surface area contributed by atoms with Gasteiger partial charge in [0.15, 0.2) is 0 Å². The maximum atomic E-state index is 2.59. The van der Waals surface area contributed by atoms with Crippen LogP contribution in [0.3, 0.4) is 0 Å². The van der Waals surface area contributed by atoms with Gasteiger partial charge in [-0.25, -0.2) is 0 Å². The van der Waals surface area contributed by atoms with E-state index in [9.17, 15) is 0 Å². The number of fused-ring (bicyclic) bond motifs is 6. The molecular weight excluding hydrogens is 687 g/mol. The minimum atomic E-state index is -0.103. The highest BCUT2D eigenvalue weighted by atomic mass is 15.1. The summed E-state index contributed by atoms with van der Waals surface area (Å²) < 4.78 is 0. The van der Waals surface area contributed by atoms with Crippen LogP contribution in [0.4, 0.5) is 17.1 Å². The molecule has 0 aliphatic heterocycles. The van der Waals surface area contributed by atoms with E-state index in [1.165, 1.54) is 139 Å². The molecule has 0 aromatic heterocycles. The minimum Gasteiger partial charge on any atom is -0.310 e. The van der Waals surface area contributed by atoms with Crippen LogP contribution in [0.1, 0.15) is 138 Å². The Labute approximate surface area is 341 Å². The number of nitrogens with zero attached hydrogens (tertiary/aromatic N) is 1. The Kier molecular flexibility index (Phi) is 6.73. The van der Waals surface area contributed by atoms with Crippen molar-refractivity contribution in [1.82, 2.24) is 0 Å². The number of anilines is 3. The van der Waals surface area contributed by atoms with Crippen molar-refractivity contribution in [2.24, 2.45) is 35.5 Å². The van der Waals surface area contributed by atoms with Crippen LogP contribution in [0, 0.1) is 35.5 Å². The average Bonchev–Trinajstić information content (AvgIpc) is 3.55. The Morgan fingerprint density at radius 2 is 0.737 bits per heavy atom. The molecule has 0 spiro atoms. The minimum absolute atomic E-state index is 0.00470. The maximum Gasteiger partial charge on any atom is 0.0465 e. The van der Waals surface area contributed by atoms with Gasteiger partial charge in [-0.2, -0.15) is 0 Å². The fourth-order valence-electron chi connectivity index (χ4n) is 16.4. The first-order valence-electron chi connectivity index (χ1n) is 23.0. The molecule has 10 aliphatic carbocycles. The van der Waals surface area contributed by atoms with Gasteiger partial charge in [0.25, 0.3) is 0 Å². The van der Waals surface area contributed by atoms with Crippen molar-refractivity contribution in [1.29, 1.82) is 0 Å². The Balaban J connectivity index is 0.908. The van der Waals surface area contributed by atoms with Crippen LogP contribution in [0.2, 0.25) is 0 Å². The van der Waals surface area contributed by atoms with Gasteiger partial charge < -0.3 is 4.90 Å². The highest BCUT2D eigenvalue weighted by Gasteiger charge is 2.53. The van der Waals surface area contributed by atoms with Crippen molar-refractivity contribution in [3.05, 3.63) is 137 Å². The molecule has 288 valence electrons. The van der Waals surface area contributed by atoms with Crippen molar-refractivity contribution in [2.75, 3.05) is 4.90 Å². The van der Waals surface area contributed by atoms with Gasteiger partial charge in [0.1, 0.15) is 0 Å². The van der Waals surface area contributed by atoms with E-state index in [0.29, 0.717) is 10.8 Å². The number of benzene rings is 5. The highest BCUT2D eigenvalue weighted by Crippen LogP contribution is 2.63. The molecule has 0 heterocycles. The topological polar surface area (TPSA) is 3.24 Å². The van der Waals surface area contributed by atoms with Crippen LogP contribution >= 0.6 is 0 Å². The van der Waals surface area contributed by atoms with Crippen molar-refractivity contribution in [3.63, 3.8) is 0 Å². The van der Waals surface area contributed by atoms with Crippen LogP contribution in [-0.4, -0.2) is 0 Å². The molecule has 5 aromatic rings. The lowest BCUT2D eigenvalue weighted by Crippen LogP contribution is -2.48. The van der Waals surface area contributed by atoms with Gasteiger partial charge in [-0.3, -0.25) is 0 Å².